The van der Waals surface area contributed by atoms with Gasteiger partial charge in [-0.05, 0) is 18.4 Å². The zero-order chi connectivity index (χ0) is 9.84. The van der Waals surface area contributed by atoms with Gasteiger partial charge in [0.25, 0.3) is 0 Å². The molecule has 0 unspecified atom stereocenters. The van der Waals surface area contributed by atoms with Crippen molar-refractivity contribution in [3.8, 4) is 5.75 Å². The molecule has 0 amide bonds. The van der Waals surface area contributed by atoms with E-state index in [2.05, 4.69) is 0 Å². The summed E-state index contributed by atoms with van der Waals surface area (Å²) in [5.74, 6) is -0.457. The highest BCUT2D eigenvalue weighted by Crippen LogP contribution is 2.29. The smallest absolute Gasteiger partial charge is 0.179 e. The Bertz CT molecular complexity index is 326. The van der Waals surface area contributed by atoms with E-state index in [9.17, 15) is 9.18 Å². The Morgan fingerprint density at radius 1 is 1.54 bits per heavy atom. The fourth-order valence-corrected chi connectivity index (χ4v) is 1.49. The first-order valence-electron chi connectivity index (χ1n) is 3.60. The Hall–Kier alpha value is -1.03. The Morgan fingerprint density at radius 2 is 2.23 bits per heavy atom. The minimum absolute atomic E-state index is 0.0156. The minimum atomic E-state index is -0.473. The molecule has 13 heavy (non-hydrogen) atoms. The molecule has 0 radical (unpaired) electrons. The highest BCUT2D eigenvalue weighted by Gasteiger charge is 2.12. The molecule has 0 N–H and O–H groups in total. The van der Waals surface area contributed by atoms with Crippen molar-refractivity contribution < 1.29 is 13.9 Å². The quantitative estimate of drug-likeness (QED) is 0.553. The lowest BCUT2D eigenvalue weighted by atomic mass is 10.2. The second-order valence-electron chi connectivity index (χ2n) is 2.32. The fraction of sp³-hybridized carbons (Fsp3) is 0.222. The first kappa shape index (κ1) is 10.1. The van der Waals surface area contributed by atoms with Gasteiger partial charge in [0, 0.05) is 4.90 Å². The van der Waals surface area contributed by atoms with E-state index in [4.69, 9.17) is 4.74 Å². The maximum absolute atomic E-state index is 13.4. The number of halogens is 1. The number of ether oxygens (including phenoxy) is 1. The number of benzene rings is 1. The average Bonchev–Trinajstić information content (AvgIpc) is 2.17. The van der Waals surface area contributed by atoms with Crippen LogP contribution in [0.5, 0.6) is 5.75 Å². The van der Waals surface area contributed by atoms with Crippen molar-refractivity contribution in [2.45, 2.75) is 4.90 Å². The molecule has 2 nitrogen and oxygen atoms in total. The van der Waals surface area contributed by atoms with Crippen LogP contribution in [-0.4, -0.2) is 19.7 Å². The van der Waals surface area contributed by atoms with Crippen molar-refractivity contribution >= 4 is 18.0 Å². The van der Waals surface area contributed by atoms with Crippen LogP contribution in [0.1, 0.15) is 10.4 Å². The van der Waals surface area contributed by atoms with Gasteiger partial charge in [0.05, 0.1) is 12.7 Å². The third-order valence-electron chi connectivity index (χ3n) is 1.64. The van der Waals surface area contributed by atoms with Crippen LogP contribution in [0.3, 0.4) is 0 Å². The van der Waals surface area contributed by atoms with Crippen molar-refractivity contribution in [3.05, 3.63) is 23.5 Å². The van der Waals surface area contributed by atoms with Crippen LogP contribution in [0, 0.1) is 5.82 Å². The topological polar surface area (TPSA) is 26.3 Å². The van der Waals surface area contributed by atoms with E-state index in [1.807, 2.05) is 0 Å². The van der Waals surface area contributed by atoms with Crippen LogP contribution < -0.4 is 4.74 Å². The molecule has 1 rings (SSSR count). The van der Waals surface area contributed by atoms with E-state index in [0.717, 1.165) is 0 Å². The first-order valence-corrected chi connectivity index (χ1v) is 4.82. The van der Waals surface area contributed by atoms with Crippen molar-refractivity contribution in [1.29, 1.82) is 0 Å². The number of rotatable bonds is 3. The second kappa shape index (κ2) is 4.28. The number of thioether (sulfide) groups is 1. The average molecular weight is 200 g/mol. The summed E-state index contributed by atoms with van der Waals surface area (Å²) >= 11 is 1.27. The Morgan fingerprint density at radius 3 is 2.69 bits per heavy atom. The largest absolute Gasteiger partial charge is 0.493 e. The minimum Gasteiger partial charge on any atom is -0.493 e. The molecule has 0 aliphatic rings. The van der Waals surface area contributed by atoms with Gasteiger partial charge in [-0.3, -0.25) is 4.79 Å². The number of aldehydes is 1. The maximum atomic E-state index is 13.4. The highest BCUT2D eigenvalue weighted by molar-refractivity contribution is 7.98. The first-order chi connectivity index (χ1) is 6.24. The van der Waals surface area contributed by atoms with Crippen LogP contribution in [0.15, 0.2) is 17.0 Å². The molecule has 0 saturated carbocycles. The van der Waals surface area contributed by atoms with E-state index in [-0.39, 0.29) is 11.3 Å². The zero-order valence-electron chi connectivity index (χ0n) is 7.33. The molecule has 0 bridgehead atoms. The number of hydrogen-bond donors (Lipinski definition) is 0. The van der Waals surface area contributed by atoms with E-state index in [1.54, 1.807) is 18.4 Å². The molecule has 0 saturated heterocycles. The van der Waals surface area contributed by atoms with Gasteiger partial charge < -0.3 is 4.74 Å². The van der Waals surface area contributed by atoms with Crippen LogP contribution in [0.4, 0.5) is 4.39 Å². The number of carbonyl (C=O) groups is 1. The van der Waals surface area contributed by atoms with Gasteiger partial charge >= 0.3 is 0 Å². The lowest BCUT2D eigenvalue weighted by Gasteiger charge is -2.07. The molecule has 1 aromatic rings. The molecule has 0 aliphatic carbocycles. The third-order valence-corrected chi connectivity index (χ3v) is 2.40. The molecular weight excluding hydrogens is 191 g/mol. The lowest BCUT2D eigenvalue weighted by molar-refractivity contribution is 0.111. The Kier molecular flexibility index (Phi) is 3.31. The summed E-state index contributed by atoms with van der Waals surface area (Å²) in [5, 5.41) is 0. The molecule has 0 aromatic heterocycles. The van der Waals surface area contributed by atoms with E-state index in [0.29, 0.717) is 11.2 Å². The predicted molar refractivity (Wildman–Crippen MR) is 50.1 cm³/mol. The van der Waals surface area contributed by atoms with Crippen LogP contribution in [-0.2, 0) is 0 Å². The van der Waals surface area contributed by atoms with Gasteiger partial charge in [-0.2, -0.15) is 0 Å². The number of hydrogen-bond acceptors (Lipinski definition) is 3. The summed E-state index contributed by atoms with van der Waals surface area (Å²) in [7, 11) is 1.34. The molecular formula is C9H9FO2S. The summed E-state index contributed by atoms with van der Waals surface area (Å²) in [4.78, 5) is 11.0. The summed E-state index contributed by atoms with van der Waals surface area (Å²) < 4.78 is 18.2. The molecule has 4 heteroatoms. The van der Waals surface area contributed by atoms with Gasteiger partial charge in [0.15, 0.2) is 17.9 Å². The highest BCUT2D eigenvalue weighted by atomic mass is 32.2. The summed E-state index contributed by atoms with van der Waals surface area (Å²) in [6.45, 7) is 0. The molecule has 0 aliphatic heterocycles. The van der Waals surface area contributed by atoms with E-state index < -0.39 is 5.82 Å². The molecule has 70 valence electrons. The van der Waals surface area contributed by atoms with Gasteiger partial charge in [-0.1, -0.05) is 0 Å². The summed E-state index contributed by atoms with van der Waals surface area (Å²) in [6, 6.07) is 3.10. The monoisotopic (exact) mass is 200 g/mol. The Balaban J connectivity index is 3.31. The van der Waals surface area contributed by atoms with Crippen LogP contribution in [0.2, 0.25) is 0 Å². The summed E-state index contributed by atoms with van der Waals surface area (Å²) in [6.07, 6.45) is 2.34. The summed E-state index contributed by atoms with van der Waals surface area (Å²) in [5.41, 5.74) is 0.234. The molecule has 1 aromatic carbocycles. The second-order valence-corrected chi connectivity index (χ2v) is 3.17. The van der Waals surface area contributed by atoms with Gasteiger partial charge in [0.1, 0.15) is 0 Å². The number of carbonyl (C=O) groups excluding carboxylic acids is 1. The van der Waals surface area contributed by atoms with Crippen molar-refractivity contribution in [2.24, 2.45) is 0 Å². The molecule has 0 fully saturated rings. The van der Waals surface area contributed by atoms with Crippen LogP contribution in [0.25, 0.3) is 0 Å². The molecule has 0 spiro atoms. The maximum Gasteiger partial charge on any atom is 0.179 e. The van der Waals surface area contributed by atoms with Gasteiger partial charge in [-0.15, -0.1) is 11.8 Å². The van der Waals surface area contributed by atoms with Gasteiger partial charge in [0.2, 0.25) is 0 Å². The Labute approximate surface area is 80.1 Å². The van der Waals surface area contributed by atoms with E-state index >= 15 is 0 Å². The third kappa shape index (κ3) is 1.83. The fourth-order valence-electron chi connectivity index (χ4n) is 1.01. The van der Waals surface area contributed by atoms with Crippen molar-refractivity contribution in [2.75, 3.05) is 13.4 Å². The SMILES string of the molecule is COc1c(C=O)ccc(SC)c1F. The predicted octanol–water partition coefficient (Wildman–Crippen LogP) is 2.37. The van der Waals surface area contributed by atoms with Crippen molar-refractivity contribution in [1.82, 2.24) is 0 Å². The van der Waals surface area contributed by atoms with Crippen LogP contribution >= 0.6 is 11.8 Å². The zero-order valence-corrected chi connectivity index (χ0v) is 8.15. The lowest BCUT2D eigenvalue weighted by Crippen LogP contribution is -1.95. The van der Waals surface area contributed by atoms with E-state index in [1.165, 1.54) is 18.9 Å². The standard InChI is InChI=1S/C9H9FO2S/c1-12-9-6(5-11)3-4-7(13-2)8(9)10/h3-5H,1-2H3. The normalized spacial score (nSPS) is 9.77. The van der Waals surface area contributed by atoms with Gasteiger partial charge in [-0.25, -0.2) is 4.39 Å². The molecule has 0 atom stereocenters. The number of methoxy groups -OCH3 is 1. The van der Waals surface area contributed by atoms with Crippen molar-refractivity contribution in [3.63, 3.8) is 0 Å². The molecule has 0 heterocycles.